The zero-order valence-corrected chi connectivity index (χ0v) is 19.3. The van der Waals surface area contributed by atoms with Crippen molar-refractivity contribution < 1.29 is 14.3 Å². The van der Waals surface area contributed by atoms with Gasteiger partial charge in [0, 0.05) is 24.8 Å². The highest BCUT2D eigenvalue weighted by molar-refractivity contribution is 6.33. The molecular formula is C26H23ClN4O3. The van der Waals surface area contributed by atoms with E-state index in [1.165, 1.54) is 0 Å². The van der Waals surface area contributed by atoms with Crippen LogP contribution in [0.15, 0.2) is 85.1 Å². The lowest BCUT2D eigenvalue weighted by molar-refractivity contribution is 0.0928. The second-order valence-corrected chi connectivity index (χ2v) is 7.80. The molecule has 0 aliphatic heterocycles. The summed E-state index contributed by atoms with van der Waals surface area (Å²) in [5, 5.41) is 10.7. The van der Waals surface area contributed by atoms with Gasteiger partial charge in [0.05, 0.1) is 28.9 Å². The van der Waals surface area contributed by atoms with Crippen molar-refractivity contribution in [3.63, 3.8) is 0 Å². The summed E-state index contributed by atoms with van der Waals surface area (Å²) in [5.41, 5.74) is 2.98. The van der Waals surface area contributed by atoms with Crippen LogP contribution in [-0.4, -0.2) is 41.8 Å². The van der Waals surface area contributed by atoms with Crippen molar-refractivity contribution in [2.24, 2.45) is 0 Å². The average molecular weight is 475 g/mol. The molecule has 4 aromatic rings. The van der Waals surface area contributed by atoms with Gasteiger partial charge in [0.1, 0.15) is 11.4 Å². The lowest BCUT2D eigenvalue weighted by Gasteiger charge is -2.08. The highest BCUT2D eigenvalue weighted by Crippen LogP contribution is 2.26. The lowest BCUT2D eigenvalue weighted by Crippen LogP contribution is -2.34. The van der Waals surface area contributed by atoms with Crippen molar-refractivity contribution in [1.82, 2.24) is 20.4 Å². The van der Waals surface area contributed by atoms with E-state index in [-0.39, 0.29) is 24.9 Å². The zero-order chi connectivity index (χ0) is 23.9. The number of nitrogens with zero attached hydrogens (tertiary/aromatic N) is 2. The first-order valence-electron chi connectivity index (χ1n) is 10.7. The Morgan fingerprint density at radius 3 is 2.12 bits per heavy atom. The Kier molecular flexibility index (Phi) is 7.25. The van der Waals surface area contributed by atoms with Crippen molar-refractivity contribution in [2.45, 2.75) is 0 Å². The van der Waals surface area contributed by atoms with Gasteiger partial charge in [0.2, 0.25) is 0 Å². The lowest BCUT2D eigenvalue weighted by atomic mass is 10.1. The van der Waals surface area contributed by atoms with Crippen molar-refractivity contribution in [3.8, 4) is 22.7 Å². The van der Waals surface area contributed by atoms with Crippen molar-refractivity contribution in [3.05, 3.63) is 101 Å². The van der Waals surface area contributed by atoms with E-state index >= 15 is 0 Å². The second-order valence-electron chi connectivity index (χ2n) is 7.39. The molecule has 0 radical (unpaired) electrons. The maximum absolute atomic E-state index is 13.1. The Balaban J connectivity index is 1.49. The Bertz CT molecular complexity index is 1290. The van der Waals surface area contributed by atoms with Crippen LogP contribution in [0.2, 0.25) is 5.02 Å². The Labute approximate surface area is 202 Å². The van der Waals surface area contributed by atoms with E-state index in [2.05, 4.69) is 15.7 Å². The number of carbonyl (C=O) groups excluding carboxylic acids is 2. The van der Waals surface area contributed by atoms with Gasteiger partial charge in [0.15, 0.2) is 0 Å². The number of nitrogens with one attached hydrogen (secondary N) is 2. The van der Waals surface area contributed by atoms with Crippen LogP contribution in [0.5, 0.6) is 5.75 Å². The first-order valence-corrected chi connectivity index (χ1v) is 11.0. The van der Waals surface area contributed by atoms with Crippen LogP contribution in [0, 0.1) is 0 Å². The molecule has 172 valence electrons. The highest BCUT2D eigenvalue weighted by Gasteiger charge is 2.19. The summed E-state index contributed by atoms with van der Waals surface area (Å²) in [7, 11) is 1.60. The summed E-state index contributed by atoms with van der Waals surface area (Å²) in [6.07, 6.45) is 1.70. The molecule has 0 fully saturated rings. The maximum atomic E-state index is 13.1. The fraction of sp³-hybridized carbons (Fsp3) is 0.115. The number of benzene rings is 3. The van der Waals surface area contributed by atoms with E-state index in [9.17, 15) is 9.59 Å². The minimum Gasteiger partial charge on any atom is -0.497 e. The normalized spacial score (nSPS) is 10.5. The second kappa shape index (κ2) is 10.7. The molecule has 2 N–H and O–H groups in total. The summed E-state index contributed by atoms with van der Waals surface area (Å²) in [6.45, 7) is 0.494. The molecule has 34 heavy (non-hydrogen) atoms. The smallest absolute Gasteiger partial charge is 0.255 e. The summed E-state index contributed by atoms with van der Waals surface area (Å²) >= 11 is 6.06. The molecule has 1 aromatic heterocycles. The number of halogens is 1. The fourth-order valence-corrected chi connectivity index (χ4v) is 3.62. The predicted molar refractivity (Wildman–Crippen MR) is 132 cm³/mol. The van der Waals surface area contributed by atoms with E-state index in [4.69, 9.17) is 16.3 Å². The van der Waals surface area contributed by atoms with Crippen LogP contribution >= 0.6 is 11.6 Å². The Morgan fingerprint density at radius 1 is 0.853 bits per heavy atom. The van der Waals surface area contributed by atoms with E-state index < -0.39 is 0 Å². The standard InChI is InChI=1S/C26H23ClN4O3/c1-34-20-13-11-18(12-14-20)24-22(17-31(30-24)19-7-3-2-4-8-19)26(33)29-16-15-28-25(32)21-9-5-6-10-23(21)27/h2-14,17H,15-16H2,1H3,(H,28,32)(H,29,33). The van der Waals surface area contributed by atoms with Gasteiger partial charge in [-0.2, -0.15) is 5.10 Å². The third kappa shape index (κ3) is 5.27. The molecule has 0 aliphatic rings. The number of hydrogen-bond donors (Lipinski definition) is 2. The number of carbonyl (C=O) groups is 2. The van der Waals surface area contributed by atoms with Crippen molar-refractivity contribution >= 4 is 23.4 Å². The summed E-state index contributed by atoms with van der Waals surface area (Å²) in [5.74, 6) is 0.127. The molecule has 4 rings (SSSR count). The molecule has 0 aliphatic carbocycles. The molecular weight excluding hydrogens is 452 g/mol. The number of ether oxygens (including phenoxy) is 1. The minimum absolute atomic E-state index is 0.244. The van der Waals surface area contributed by atoms with Gasteiger partial charge < -0.3 is 15.4 Å². The predicted octanol–water partition coefficient (Wildman–Crippen LogP) is 4.36. The van der Waals surface area contributed by atoms with Crippen LogP contribution in [0.4, 0.5) is 0 Å². The molecule has 1 heterocycles. The largest absolute Gasteiger partial charge is 0.497 e. The van der Waals surface area contributed by atoms with E-state index in [1.807, 2.05) is 54.6 Å². The third-order valence-corrected chi connectivity index (χ3v) is 5.49. The molecule has 0 bridgehead atoms. The maximum Gasteiger partial charge on any atom is 0.255 e. The number of aromatic nitrogens is 2. The van der Waals surface area contributed by atoms with Gasteiger partial charge in [0.25, 0.3) is 11.8 Å². The van der Waals surface area contributed by atoms with Crippen LogP contribution in [0.3, 0.4) is 0 Å². The summed E-state index contributed by atoms with van der Waals surface area (Å²) in [4.78, 5) is 25.4. The molecule has 0 spiro atoms. The van der Waals surface area contributed by atoms with Crippen LogP contribution < -0.4 is 15.4 Å². The van der Waals surface area contributed by atoms with Gasteiger partial charge in [-0.15, -0.1) is 0 Å². The topological polar surface area (TPSA) is 85.2 Å². The van der Waals surface area contributed by atoms with E-state index in [1.54, 1.807) is 42.3 Å². The molecule has 0 saturated heterocycles. The zero-order valence-electron chi connectivity index (χ0n) is 18.5. The van der Waals surface area contributed by atoms with E-state index in [0.29, 0.717) is 27.6 Å². The minimum atomic E-state index is -0.296. The number of hydrogen-bond acceptors (Lipinski definition) is 4. The summed E-state index contributed by atoms with van der Waals surface area (Å²) in [6, 6.07) is 23.7. The summed E-state index contributed by atoms with van der Waals surface area (Å²) < 4.78 is 6.91. The van der Waals surface area contributed by atoms with Gasteiger partial charge in [-0.3, -0.25) is 9.59 Å². The Hall–Kier alpha value is -4.10. The van der Waals surface area contributed by atoms with Crippen LogP contribution in [-0.2, 0) is 0 Å². The van der Waals surface area contributed by atoms with Crippen LogP contribution in [0.25, 0.3) is 16.9 Å². The highest BCUT2D eigenvalue weighted by atomic mass is 35.5. The van der Waals surface area contributed by atoms with Gasteiger partial charge >= 0.3 is 0 Å². The van der Waals surface area contributed by atoms with Gasteiger partial charge in [-0.1, -0.05) is 41.9 Å². The first kappa shape index (κ1) is 23.1. The van der Waals surface area contributed by atoms with E-state index in [0.717, 1.165) is 11.3 Å². The number of methoxy groups -OCH3 is 1. The number of amides is 2. The first-order chi connectivity index (χ1) is 16.6. The van der Waals surface area contributed by atoms with Crippen molar-refractivity contribution in [2.75, 3.05) is 20.2 Å². The molecule has 0 saturated carbocycles. The van der Waals surface area contributed by atoms with Gasteiger partial charge in [-0.05, 0) is 48.5 Å². The quantitative estimate of drug-likeness (QED) is 0.371. The number of para-hydroxylation sites is 1. The van der Waals surface area contributed by atoms with Crippen LogP contribution in [0.1, 0.15) is 20.7 Å². The molecule has 7 nitrogen and oxygen atoms in total. The Morgan fingerprint density at radius 2 is 1.47 bits per heavy atom. The molecule has 8 heteroatoms. The molecule has 2 amide bonds. The fourth-order valence-electron chi connectivity index (χ4n) is 3.40. The molecule has 0 atom stereocenters. The van der Waals surface area contributed by atoms with Crippen molar-refractivity contribution in [1.29, 1.82) is 0 Å². The number of rotatable bonds is 8. The average Bonchev–Trinajstić information content (AvgIpc) is 3.33. The van der Waals surface area contributed by atoms with Gasteiger partial charge in [-0.25, -0.2) is 4.68 Å². The molecule has 3 aromatic carbocycles. The third-order valence-electron chi connectivity index (χ3n) is 5.16. The monoisotopic (exact) mass is 474 g/mol. The molecule has 0 unspecified atom stereocenters. The SMILES string of the molecule is COc1ccc(-c2nn(-c3ccccc3)cc2C(=O)NCCNC(=O)c2ccccc2Cl)cc1.